The lowest BCUT2D eigenvalue weighted by atomic mass is 9.65. The van der Waals surface area contributed by atoms with Gasteiger partial charge < -0.3 is 4.90 Å². The van der Waals surface area contributed by atoms with E-state index in [1.165, 1.54) is 89.0 Å². The van der Waals surface area contributed by atoms with E-state index in [1.54, 1.807) is 0 Å². The van der Waals surface area contributed by atoms with Crippen LogP contribution in [0.3, 0.4) is 0 Å². The Balaban J connectivity index is 1.24. The first-order valence-electron chi connectivity index (χ1n) is 22.0. The van der Waals surface area contributed by atoms with Gasteiger partial charge in [0.2, 0.25) is 0 Å². The highest BCUT2D eigenvalue weighted by molar-refractivity contribution is 5.98. The molecule has 8 aromatic carbocycles. The third-order valence-electron chi connectivity index (χ3n) is 14.2. The van der Waals surface area contributed by atoms with Gasteiger partial charge in [0.05, 0.1) is 11.1 Å². The SMILES string of the molecule is CC(C)(C)c1cc2c(c(C(C)(C)C)c1)C1(c3ccccc3-c3ccccc31)c1cc(N(c3ccc4c(c3)C(C)(C)c3ccccc3-4)c3ccccc3-c3ccccc3)ccc1-2. The maximum atomic E-state index is 2.56. The van der Waals surface area contributed by atoms with Gasteiger partial charge in [0.25, 0.3) is 0 Å². The Bertz CT molecular complexity index is 3030. The first-order chi connectivity index (χ1) is 29.3. The molecule has 0 unspecified atom stereocenters. The first-order valence-corrected chi connectivity index (χ1v) is 22.0. The average molecular weight is 788 g/mol. The fourth-order valence-electron chi connectivity index (χ4n) is 11.2. The van der Waals surface area contributed by atoms with Crippen LogP contribution in [-0.4, -0.2) is 0 Å². The highest BCUT2D eigenvalue weighted by atomic mass is 15.1. The van der Waals surface area contributed by atoms with Crippen molar-refractivity contribution in [3.63, 3.8) is 0 Å². The zero-order valence-corrected chi connectivity index (χ0v) is 36.7. The number of benzene rings is 8. The van der Waals surface area contributed by atoms with E-state index in [-0.39, 0.29) is 16.2 Å². The van der Waals surface area contributed by atoms with Crippen molar-refractivity contribution in [2.24, 2.45) is 0 Å². The summed E-state index contributed by atoms with van der Waals surface area (Å²) in [5.41, 5.74) is 24.2. The monoisotopic (exact) mass is 787 g/mol. The van der Waals surface area contributed by atoms with E-state index >= 15 is 0 Å². The number of rotatable bonds is 4. The van der Waals surface area contributed by atoms with Crippen LogP contribution in [0.1, 0.15) is 99.9 Å². The molecule has 0 saturated carbocycles. The van der Waals surface area contributed by atoms with Gasteiger partial charge in [-0.05, 0) is 125 Å². The van der Waals surface area contributed by atoms with Crippen molar-refractivity contribution < 1.29 is 0 Å². The molecule has 1 nitrogen and oxygen atoms in total. The summed E-state index contributed by atoms with van der Waals surface area (Å²) in [6.45, 7) is 19.0. The van der Waals surface area contributed by atoms with Crippen LogP contribution in [0.25, 0.3) is 44.5 Å². The molecule has 0 radical (unpaired) electrons. The highest BCUT2D eigenvalue weighted by Gasteiger charge is 2.54. The van der Waals surface area contributed by atoms with Crippen LogP contribution >= 0.6 is 0 Å². The molecule has 0 aliphatic heterocycles. The molecular formula is C60H53N. The molecule has 11 rings (SSSR count). The minimum Gasteiger partial charge on any atom is -0.310 e. The van der Waals surface area contributed by atoms with Crippen LogP contribution in [0.4, 0.5) is 17.1 Å². The molecule has 61 heavy (non-hydrogen) atoms. The fraction of sp³-hybridized carbons (Fsp3) is 0.200. The van der Waals surface area contributed by atoms with E-state index in [0.29, 0.717) is 0 Å². The van der Waals surface area contributed by atoms with Crippen molar-refractivity contribution in [1.29, 1.82) is 0 Å². The van der Waals surface area contributed by atoms with Gasteiger partial charge in [-0.1, -0.05) is 201 Å². The predicted molar refractivity (Wildman–Crippen MR) is 258 cm³/mol. The summed E-state index contributed by atoms with van der Waals surface area (Å²) >= 11 is 0. The molecule has 0 fully saturated rings. The minimum atomic E-state index is -0.501. The second-order valence-corrected chi connectivity index (χ2v) is 20.1. The number of fused-ring (bicyclic) bond motifs is 13. The highest BCUT2D eigenvalue weighted by Crippen LogP contribution is 2.65. The standard InChI is InChI=1S/C60H53N/c1-57(2,3)39-34-48-47-33-31-41(37-53(47)60(56(48)54(35-39)58(4,5)6)50-27-17-13-24-44(50)45-25-14-18-28-51(45)60)61(55-29-19-15-22-42(55)38-20-10-9-11-21-38)40-30-32-46-43-23-12-16-26-49(43)59(7,8)52(46)36-40/h9-37H,1-8H3. The normalized spacial score (nSPS) is 14.8. The maximum absolute atomic E-state index is 2.56. The molecule has 8 aromatic rings. The fourth-order valence-corrected chi connectivity index (χ4v) is 11.2. The lowest BCUT2D eigenvalue weighted by molar-refractivity contribution is 0.558. The molecule has 0 aromatic heterocycles. The van der Waals surface area contributed by atoms with Crippen LogP contribution in [0.2, 0.25) is 0 Å². The maximum Gasteiger partial charge on any atom is 0.0729 e. The van der Waals surface area contributed by atoms with Crippen LogP contribution in [0, 0.1) is 0 Å². The summed E-state index contributed by atoms with van der Waals surface area (Å²) in [4.78, 5) is 2.54. The summed E-state index contributed by atoms with van der Waals surface area (Å²) in [5, 5.41) is 0. The molecular weight excluding hydrogens is 735 g/mol. The largest absolute Gasteiger partial charge is 0.310 e. The van der Waals surface area contributed by atoms with Gasteiger partial charge in [-0.3, -0.25) is 0 Å². The van der Waals surface area contributed by atoms with Crippen LogP contribution < -0.4 is 4.90 Å². The lowest BCUT2D eigenvalue weighted by Crippen LogP contribution is -2.30. The second-order valence-electron chi connectivity index (χ2n) is 20.1. The Morgan fingerprint density at radius 1 is 0.377 bits per heavy atom. The molecule has 1 heteroatoms. The van der Waals surface area contributed by atoms with Crippen molar-refractivity contribution in [3.05, 3.63) is 220 Å². The van der Waals surface area contributed by atoms with Gasteiger partial charge in [0, 0.05) is 22.4 Å². The van der Waals surface area contributed by atoms with Crippen molar-refractivity contribution in [1.82, 2.24) is 0 Å². The Morgan fingerprint density at radius 2 is 0.852 bits per heavy atom. The molecule has 298 valence electrons. The zero-order chi connectivity index (χ0) is 42.1. The molecule has 0 amide bonds. The summed E-state index contributed by atoms with van der Waals surface area (Å²) in [6, 6.07) is 66.9. The Kier molecular flexibility index (Phi) is 8.02. The molecule has 3 aliphatic rings. The average Bonchev–Trinajstić information content (AvgIpc) is 3.81. The zero-order valence-electron chi connectivity index (χ0n) is 36.7. The van der Waals surface area contributed by atoms with E-state index in [0.717, 1.165) is 17.1 Å². The Hall–Kier alpha value is -6.44. The third-order valence-corrected chi connectivity index (χ3v) is 14.2. The van der Waals surface area contributed by atoms with Crippen molar-refractivity contribution in [3.8, 4) is 44.5 Å². The molecule has 0 atom stereocenters. The van der Waals surface area contributed by atoms with E-state index < -0.39 is 5.41 Å². The van der Waals surface area contributed by atoms with Crippen LogP contribution in [0.5, 0.6) is 0 Å². The van der Waals surface area contributed by atoms with Gasteiger partial charge >= 0.3 is 0 Å². The summed E-state index contributed by atoms with van der Waals surface area (Å²) < 4.78 is 0. The number of hydrogen-bond donors (Lipinski definition) is 0. The van der Waals surface area contributed by atoms with Gasteiger partial charge in [-0.25, -0.2) is 0 Å². The molecule has 0 heterocycles. The molecule has 3 aliphatic carbocycles. The summed E-state index contributed by atoms with van der Waals surface area (Å²) in [6.07, 6.45) is 0. The van der Waals surface area contributed by atoms with Gasteiger partial charge in [0.15, 0.2) is 0 Å². The topological polar surface area (TPSA) is 3.24 Å². The van der Waals surface area contributed by atoms with E-state index in [2.05, 4.69) is 236 Å². The minimum absolute atomic E-state index is 0.0185. The number of para-hydroxylation sites is 1. The van der Waals surface area contributed by atoms with Crippen LogP contribution in [-0.2, 0) is 21.7 Å². The lowest BCUT2D eigenvalue weighted by Gasteiger charge is -2.37. The molecule has 0 bridgehead atoms. The van der Waals surface area contributed by atoms with Crippen LogP contribution in [0.15, 0.2) is 176 Å². The number of hydrogen-bond acceptors (Lipinski definition) is 1. The van der Waals surface area contributed by atoms with E-state index in [1.807, 2.05) is 0 Å². The van der Waals surface area contributed by atoms with Gasteiger partial charge in [0.1, 0.15) is 0 Å². The smallest absolute Gasteiger partial charge is 0.0729 e. The molecule has 0 N–H and O–H groups in total. The molecule has 1 spiro atoms. The Labute approximate surface area is 362 Å². The first kappa shape index (κ1) is 37.6. The predicted octanol–water partition coefficient (Wildman–Crippen LogP) is 16.1. The quantitative estimate of drug-likeness (QED) is 0.172. The van der Waals surface area contributed by atoms with Crippen molar-refractivity contribution >= 4 is 17.1 Å². The summed E-state index contributed by atoms with van der Waals surface area (Å²) in [5.74, 6) is 0. The van der Waals surface area contributed by atoms with Crippen molar-refractivity contribution in [2.45, 2.75) is 77.0 Å². The summed E-state index contributed by atoms with van der Waals surface area (Å²) in [7, 11) is 0. The van der Waals surface area contributed by atoms with Gasteiger partial charge in [-0.2, -0.15) is 0 Å². The third kappa shape index (κ3) is 5.32. The van der Waals surface area contributed by atoms with E-state index in [4.69, 9.17) is 0 Å². The van der Waals surface area contributed by atoms with Crippen molar-refractivity contribution in [2.75, 3.05) is 4.90 Å². The second kappa shape index (κ2) is 13.0. The molecule has 0 saturated heterocycles. The van der Waals surface area contributed by atoms with Gasteiger partial charge in [-0.15, -0.1) is 0 Å². The van der Waals surface area contributed by atoms with E-state index in [9.17, 15) is 0 Å². The number of anilines is 3. The Morgan fingerprint density at radius 3 is 1.44 bits per heavy atom. The number of nitrogens with zero attached hydrogens (tertiary/aromatic N) is 1.